The fourth-order valence-electron chi connectivity index (χ4n) is 4.60. The summed E-state index contributed by atoms with van der Waals surface area (Å²) < 4.78 is 66.7. The molecule has 0 aromatic carbocycles. The van der Waals surface area contributed by atoms with Gasteiger partial charge >= 0.3 is 6.18 Å². The summed E-state index contributed by atoms with van der Waals surface area (Å²) in [5.41, 5.74) is 0.221. The molecule has 0 saturated carbocycles. The van der Waals surface area contributed by atoms with Gasteiger partial charge in [-0.05, 0) is 18.9 Å². The van der Waals surface area contributed by atoms with E-state index in [4.69, 9.17) is 0 Å². The number of hydrogen-bond donors (Lipinski definition) is 0. The van der Waals surface area contributed by atoms with Crippen LogP contribution in [0, 0.1) is 5.41 Å². The Kier molecular flexibility index (Phi) is 4.90. The zero-order valence-electron chi connectivity index (χ0n) is 16.9. The van der Waals surface area contributed by atoms with Crippen LogP contribution in [-0.4, -0.2) is 57.3 Å². The third-order valence-corrected chi connectivity index (χ3v) is 6.29. The highest BCUT2D eigenvalue weighted by Gasteiger charge is 2.46. The lowest BCUT2D eigenvalue weighted by Crippen LogP contribution is -2.61. The second-order valence-corrected chi connectivity index (χ2v) is 8.39. The second-order valence-electron chi connectivity index (χ2n) is 8.39. The van der Waals surface area contributed by atoms with Crippen molar-refractivity contribution in [3.63, 3.8) is 0 Å². The van der Waals surface area contributed by atoms with Crippen LogP contribution in [0.2, 0.25) is 0 Å². The number of alkyl halides is 5. The van der Waals surface area contributed by atoms with E-state index in [9.17, 15) is 22.0 Å². The van der Waals surface area contributed by atoms with Crippen LogP contribution in [0.4, 0.5) is 33.5 Å². The van der Waals surface area contributed by atoms with Crippen LogP contribution in [0.3, 0.4) is 0 Å². The predicted molar refractivity (Wildman–Crippen MR) is 107 cm³/mol. The molecule has 0 amide bonds. The first-order valence-electron chi connectivity index (χ1n) is 10.2. The molecule has 0 N–H and O–H groups in total. The number of rotatable bonds is 4. The Morgan fingerprint density at radius 3 is 2.47 bits per heavy atom. The Morgan fingerprint density at radius 1 is 1.03 bits per heavy atom. The van der Waals surface area contributed by atoms with E-state index < -0.39 is 24.7 Å². The van der Waals surface area contributed by atoms with Crippen molar-refractivity contribution >= 4 is 22.7 Å². The monoisotopic (exact) mass is 453 g/mol. The molecular formula is C20H20F5N7. The van der Waals surface area contributed by atoms with Crippen molar-refractivity contribution in [3.05, 3.63) is 36.4 Å². The van der Waals surface area contributed by atoms with Gasteiger partial charge in [0.25, 0.3) is 6.43 Å². The van der Waals surface area contributed by atoms with Gasteiger partial charge in [-0.15, -0.1) is 0 Å². The van der Waals surface area contributed by atoms with Crippen LogP contribution in [0.1, 0.15) is 18.4 Å². The highest BCUT2D eigenvalue weighted by molar-refractivity contribution is 5.71. The van der Waals surface area contributed by atoms with E-state index in [1.807, 2.05) is 4.90 Å². The molecule has 12 heteroatoms. The fourth-order valence-corrected chi connectivity index (χ4v) is 4.60. The minimum atomic E-state index is -4.42. The van der Waals surface area contributed by atoms with Gasteiger partial charge in [-0.2, -0.15) is 18.3 Å². The molecule has 0 bridgehead atoms. The first-order chi connectivity index (χ1) is 15.2. The molecule has 2 fully saturated rings. The molecule has 0 aliphatic carbocycles. The molecule has 0 atom stereocenters. The van der Waals surface area contributed by atoms with Gasteiger partial charge in [0, 0.05) is 37.8 Å². The summed E-state index contributed by atoms with van der Waals surface area (Å²) in [5, 5.41) is 3.93. The Labute approximate surface area is 179 Å². The van der Waals surface area contributed by atoms with Gasteiger partial charge in [-0.25, -0.2) is 23.4 Å². The molecule has 3 aromatic heterocycles. The second kappa shape index (κ2) is 7.52. The number of pyridine rings is 1. The maximum Gasteiger partial charge on any atom is 0.418 e. The summed E-state index contributed by atoms with van der Waals surface area (Å²) in [6.45, 7) is 1.87. The maximum absolute atomic E-state index is 13.3. The van der Waals surface area contributed by atoms with E-state index in [-0.39, 0.29) is 11.1 Å². The van der Waals surface area contributed by atoms with E-state index in [1.165, 1.54) is 12.4 Å². The van der Waals surface area contributed by atoms with Gasteiger partial charge in [0.05, 0.1) is 29.8 Å². The summed E-state index contributed by atoms with van der Waals surface area (Å²) in [6.07, 6.45) is -0.0235. The van der Waals surface area contributed by atoms with Gasteiger partial charge in [-0.1, -0.05) is 0 Å². The van der Waals surface area contributed by atoms with Crippen molar-refractivity contribution in [3.8, 4) is 0 Å². The summed E-state index contributed by atoms with van der Waals surface area (Å²) in [6, 6.07) is 1.01. The van der Waals surface area contributed by atoms with Crippen molar-refractivity contribution in [2.45, 2.75) is 32.0 Å². The molecule has 0 unspecified atom stereocenters. The van der Waals surface area contributed by atoms with Gasteiger partial charge in [-0.3, -0.25) is 4.98 Å². The van der Waals surface area contributed by atoms with Gasteiger partial charge in [0.1, 0.15) is 17.9 Å². The summed E-state index contributed by atoms with van der Waals surface area (Å²) in [7, 11) is 0. The van der Waals surface area contributed by atoms with Crippen molar-refractivity contribution in [1.82, 2.24) is 24.7 Å². The summed E-state index contributed by atoms with van der Waals surface area (Å²) in [4.78, 5) is 16.4. The number of halogens is 5. The van der Waals surface area contributed by atoms with E-state index in [1.54, 1.807) is 11.1 Å². The lowest BCUT2D eigenvalue weighted by molar-refractivity contribution is -0.137. The lowest BCUT2D eigenvalue weighted by Gasteiger charge is -2.54. The van der Waals surface area contributed by atoms with E-state index in [0.717, 1.165) is 29.8 Å². The number of piperidine rings is 1. The van der Waals surface area contributed by atoms with E-state index >= 15 is 0 Å². The normalized spacial score (nSPS) is 18.6. The molecule has 2 saturated heterocycles. The zero-order valence-corrected chi connectivity index (χ0v) is 16.9. The van der Waals surface area contributed by atoms with Crippen molar-refractivity contribution in [2.24, 2.45) is 5.41 Å². The smallest absolute Gasteiger partial charge is 0.370 e. The van der Waals surface area contributed by atoms with E-state index in [2.05, 4.69) is 20.1 Å². The molecule has 170 valence electrons. The van der Waals surface area contributed by atoms with Crippen molar-refractivity contribution in [2.75, 3.05) is 36.0 Å². The number of fused-ring (bicyclic) bond motifs is 1. The lowest BCUT2D eigenvalue weighted by atomic mass is 9.72. The molecule has 1 spiro atoms. The molecule has 2 aliphatic heterocycles. The first-order valence-corrected chi connectivity index (χ1v) is 10.2. The minimum absolute atomic E-state index is 0.00302. The number of aromatic nitrogens is 5. The molecule has 2 aliphatic rings. The van der Waals surface area contributed by atoms with Crippen LogP contribution in [-0.2, 0) is 12.7 Å². The number of nitrogens with zero attached hydrogens (tertiary/aromatic N) is 7. The van der Waals surface area contributed by atoms with Crippen LogP contribution in [0.15, 0.2) is 30.9 Å². The molecule has 3 aromatic rings. The quantitative estimate of drug-likeness (QED) is 0.563. The SMILES string of the molecule is FC(F)Cn1ncc2ncc(N3CC4(CCN(c5cnccc5C(F)(F)F)CC4)C3)nc21. The minimum Gasteiger partial charge on any atom is -0.370 e. The van der Waals surface area contributed by atoms with Crippen molar-refractivity contribution in [1.29, 1.82) is 0 Å². The predicted octanol–water partition coefficient (Wildman–Crippen LogP) is 3.61. The Hall–Kier alpha value is -3.05. The van der Waals surface area contributed by atoms with Crippen LogP contribution < -0.4 is 9.80 Å². The molecule has 5 heterocycles. The fraction of sp³-hybridized carbons (Fsp3) is 0.500. The zero-order chi connectivity index (χ0) is 22.5. The average Bonchev–Trinajstić information content (AvgIpc) is 3.13. The van der Waals surface area contributed by atoms with Crippen LogP contribution in [0.25, 0.3) is 11.2 Å². The Balaban J connectivity index is 1.26. The highest BCUT2D eigenvalue weighted by atomic mass is 19.4. The van der Waals surface area contributed by atoms with Gasteiger partial charge in [0.2, 0.25) is 0 Å². The summed E-state index contributed by atoms with van der Waals surface area (Å²) >= 11 is 0. The van der Waals surface area contributed by atoms with Gasteiger partial charge < -0.3 is 9.80 Å². The topological polar surface area (TPSA) is 63.0 Å². The third kappa shape index (κ3) is 3.71. The molecule has 0 radical (unpaired) electrons. The maximum atomic E-state index is 13.3. The number of anilines is 2. The molecule has 5 rings (SSSR count). The highest BCUT2D eigenvalue weighted by Crippen LogP contribution is 2.44. The number of hydrogen-bond acceptors (Lipinski definition) is 6. The van der Waals surface area contributed by atoms with Crippen LogP contribution >= 0.6 is 0 Å². The van der Waals surface area contributed by atoms with Gasteiger partial charge in [0.15, 0.2) is 5.65 Å². The van der Waals surface area contributed by atoms with Crippen molar-refractivity contribution < 1.29 is 22.0 Å². The molecule has 32 heavy (non-hydrogen) atoms. The standard InChI is InChI=1S/C20H20F5N7/c21-16(22)10-32-18-14(7-28-32)27-9-17(29-18)31-11-19(12-31)2-5-30(6-3-19)15-8-26-4-1-13(15)20(23,24)25/h1,4,7-9,16H,2-3,5-6,10-12H2. The first kappa shape index (κ1) is 20.8. The van der Waals surface area contributed by atoms with E-state index in [0.29, 0.717) is 43.2 Å². The molecular weight excluding hydrogens is 433 g/mol. The van der Waals surface area contributed by atoms with Crippen LogP contribution in [0.5, 0.6) is 0 Å². The third-order valence-electron chi connectivity index (χ3n) is 6.29. The largest absolute Gasteiger partial charge is 0.418 e. The Bertz CT molecular complexity index is 1110. The Morgan fingerprint density at radius 2 is 1.78 bits per heavy atom. The molecule has 7 nitrogen and oxygen atoms in total. The summed E-state index contributed by atoms with van der Waals surface area (Å²) in [5.74, 6) is 0.591. The average molecular weight is 453 g/mol.